The first-order valence-corrected chi connectivity index (χ1v) is 13.4. The molecule has 1 N–H and O–H groups in total. The highest BCUT2D eigenvalue weighted by atomic mass is 32.2. The fourth-order valence-corrected chi connectivity index (χ4v) is 7.17. The average Bonchev–Trinajstić information content (AvgIpc) is 3.30. The molecule has 1 aliphatic rings. The third kappa shape index (κ3) is 3.98. The number of nitrogens with zero attached hydrogens (tertiary/aromatic N) is 3. The lowest BCUT2D eigenvalue weighted by atomic mass is 9.95. The Kier molecular flexibility index (Phi) is 5.80. The second kappa shape index (κ2) is 8.62. The second-order valence-corrected chi connectivity index (χ2v) is 11.2. The molecule has 0 atom stereocenters. The summed E-state index contributed by atoms with van der Waals surface area (Å²) in [6.07, 6.45) is 4.63. The maximum atomic E-state index is 14.0. The number of hydrogen-bond acceptors (Lipinski definition) is 6. The van der Waals surface area contributed by atoms with Crippen molar-refractivity contribution in [1.82, 2.24) is 18.0 Å². The van der Waals surface area contributed by atoms with E-state index in [9.17, 15) is 13.2 Å². The summed E-state index contributed by atoms with van der Waals surface area (Å²) in [5.41, 5.74) is 4.08. The van der Waals surface area contributed by atoms with Crippen LogP contribution in [0.4, 0.5) is 0 Å². The fraction of sp³-hybridized carbons (Fsp3) is 0.375. The lowest BCUT2D eigenvalue weighted by Crippen LogP contribution is -2.42. The third-order valence-corrected chi connectivity index (χ3v) is 9.24. The Morgan fingerprint density at radius 1 is 1.09 bits per heavy atom. The molecule has 4 aromatic rings. The summed E-state index contributed by atoms with van der Waals surface area (Å²) in [6.45, 7) is 4.01. The predicted octanol–water partition coefficient (Wildman–Crippen LogP) is 4.67. The van der Waals surface area contributed by atoms with Crippen LogP contribution in [0.2, 0.25) is 0 Å². The van der Waals surface area contributed by atoms with E-state index >= 15 is 0 Å². The van der Waals surface area contributed by atoms with Gasteiger partial charge in [-0.05, 0) is 61.4 Å². The van der Waals surface area contributed by atoms with E-state index in [1.165, 1.54) is 4.31 Å². The van der Waals surface area contributed by atoms with Crippen LogP contribution in [0.5, 0.6) is 0 Å². The molecule has 0 radical (unpaired) electrons. The molecule has 1 fully saturated rings. The molecule has 0 aliphatic heterocycles. The number of aromatic amines is 1. The van der Waals surface area contributed by atoms with Gasteiger partial charge in [-0.25, -0.2) is 8.42 Å². The van der Waals surface area contributed by atoms with Crippen molar-refractivity contribution in [3.63, 3.8) is 0 Å². The van der Waals surface area contributed by atoms with Gasteiger partial charge in [0, 0.05) is 18.2 Å². The minimum atomic E-state index is -3.90. The standard InChI is InChI=1S/C24H26N4O3S2/c1-15-11-12-17-13-18(24(29)25-22(17)16(15)2)14-28(19-7-4-3-5-8-19)33(30,31)21-10-6-9-20-23(21)27-32-26-20/h6,9-13,19H,3-5,7-8,14H2,1-2H3,(H,25,29). The minimum Gasteiger partial charge on any atom is -0.321 e. The van der Waals surface area contributed by atoms with Crippen LogP contribution in [0.1, 0.15) is 48.8 Å². The summed E-state index contributed by atoms with van der Waals surface area (Å²) < 4.78 is 37.9. The van der Waals surface area contributed by atoms with Crippen LogP contribution in [0.25, 0.3) is 21.9 Å². The van der Waals surface area contributed by atoms with Crippen molar-refractivity contribution in [2.75, 3.05) is 0 Å². The number of H-pyrrole nitrogens is 1. The van der Waals surface area contributed by atoms with E-state index in [1.807, 2.05) is 32.0 Å². The normalized spacial score (nSPS) is 15.6. The van der Waals surface area contributed by atoms with E-state index in [4.69, 9.17) is 0 Å². The summed E-state index contributed by atoms with van der Waals surface area (Å²) in [4.78, 5) is 16.2. The quantitative estimate of drug-likeness (QED) is 0.446. The monoisotopic (exact) mass is 482 g/mol. The van der Waals surface area contributed by atoms with Gasteiger partial charge in [0.2, 0.25) is 10.0 Å². The van der Waals surface area contributed by atoms with Crippen LogP contribution >= 0.6 is 11.7 Å². The zero-order valence-electron chi connectivity index (χ0n) is 18.7. The molecule has 9 heteroatoms. The Hall–Kier alpha value is -2.62. The Morgan fingerprint density at radius 2 is 1.88 bits per heavy atom. The van der Waals surface area contributed by atoms with Crippen molar-refractivity contribution >= 4 is 43.7 Å². The molecule has 33 heavy (non-hydrogen) atoms. The van der Waals surface area contributed by atoms with Crippen molar-refractivity contribution in [3.05, 3.63) is 63.4 Å². The van der Waals surface area contributed by atoms with Crippen LogP contribution < -0.4 is 5.56 Å². The van der Waals surface area contributed by atoms with Gasteiger partial charge >= 0.3 is 0 Å². The van der Waals surface area contributed by atoms with Crippen LogP contribution in [0.3, 0.4) is 0 Å². The first-order valence-electron chi connectivity index (χ1n) is 11.2. The van der Waals surface area contributed by atoms with Gasteiger partial charge < -0.3 is 4.98 Å². The van der Waals surface area contributed by atoms with Gasteiger partial charge in [-0.15, -0.1) is 0 Å². The maximum absolute atomic E-state index is 14.0. The molecule has 1 saturated carbocycles. The Bertz CT molecular complexity index is 1500. The second-order valence-electron chi connectivity index (χ2n) is 8.83. The smallest absolute Gasteiger partial charge is 0.252 e. The molecule has 2 aromatic heterocycles. The molecular formula is C24H26N4O3S2. The minimum absolute atomic E-state index is 0.0269. The van der Waals surface area contributed by atoms with E-state index in [0.29, 0.717) is 16.6 Å². The molecule has 0 spiro atoms. The number of rotatable bonds is 5. The Labute approximate surface area is 196 Å². The summed E-state index contributed by atoms with van der Waals surface area (Å²) in [6, 6.07) is 10.7. The molecule has 0 unspecified atom stereocenters. The van der Waals surface area contributed by atoms with Gasteiger partial charge in [-0.2, -0.15) is 13.1 Å². The maximum Gasteiger partial charge on any atom is 0.252 e. The van der Waals surface area contributed by atoms with Crippen LogP contribution in [-0.2, 0) is 16.6 Å². The highest BCUT2D eigenvalue weighted by Crippen LogP contribution is 2.32. The fourth-order valence-electron chi connectivity index (χ4n) is 4.75. The van der Waals surface area contributed by atoms with E-state index < -0.39 is 10.0 Å². The lowest BCUT2D eigenvalue weighted by Gasteiger charge is -2.33. The number of sulfonamides is 1. The van der Waals surface area contributed by atoms with Crippen LogP contribution in [0, 0.1) is 13.8 Å². The van der Waals surface area contributed by atoms with Crippen molar-refractivity contribution < 1.29 is 8.42 Å². The van der Waals surface area contributed by atoms with Crippen LogP contribution in [0.15, 0.2) is 46.1 Å². The number of fused-ring (bicyclic) bond motifs is 2. The van der Waals surface area contributed by atoms with Gasteiger partial charge in [0.15, 0.2) is 0 Å². The topological polar surface area (TPSA) is 96.0 Å². The molecule has 0 bridgehead atoms. The average molecular weight is 483 g/mol. The van der Waals surface area contributed by atoms with Crippen LogP contribution in [-0.4, -0.2) is 32.5 Å². The molecule has 172 valence electrons. The van der Waals surface area contributed by atoms with Crippen molar-refractivity contribution in [1.29, 1.82) is 0 Å². The molecule has 2 aromatic carbocycles. The zero-order chi connectivity index (χ0) is 23.2. The van der Waals surface area contributed by atoms with Crippen molar-refractivity contribution in [3.8, 4) is 0 Å². The number of hydrogen-bond donors (Lipinski definition) is 1. The molecule has 1 aliphatic carbocycles. The summed E-state index contributed by atoms with van der Waals surface area (Å²) in [5, 5.41) is 0.902. The van der Waals surface area contributed by atoms with E-state index in [0.717, 1.165) is 65.9 Å². The third-order valence-electron chi connectivity index (χ3n) is 6.77. The van der Waals surface area contributed by atoms with Gasteiger partial charge in [0.25, 0.3) is 5.56 Å². The van der Waals surface area contributed by atoms with Gasteiger partial charge in [-0.1, -0.05) is 37.5 Å². The largest absolute Gasteiger partial charge is 0.321 e. The number of nitrogens with one attached hydrogen (secondary N) is 1. The SMILES string of the molecule is Cc1ccc2cc(CN(C3CCCCC3)S(=O)(=O)c3cccc4nsnc34)c(=O)[nH]c2c1C. The number of benzene rings is 2. The highest BCUT2D eigenvalue weighted by Gasteiger charge is 2.34. The van der Waals surface area contributed by atoms with Gasteiger partial charge in [0.1, 0.15) is 15.9 Å². The number of aryl methyl sites for hydroxylation is 2. The summed E-state index contributed by atoms with van der Waals surface area (Å²) in [7, 11) is -3.90. The van der Waals surface area contributed by atoms with E-state index in [-0.39, 0.29) is 23.0 Å². The Morgan fingerprint density at radius 3 is 2.67 bits per heavy atom. The summed E-state index contributed by atoms with van der Waals surface area (Å²) in [5.74, 6) is 0. The van der Waals surface area contributed by atoms with Gasteiger partial charge in [0.05, 0.1) is 17.2 Å². The van der Waals surface area contributed by atoms with E-state index in [2.05, 4.69) is 13.7 Å². The molecule has 5 rings (SSSR count). The first kappa shape index (κ1) is 22.2. The molecule has 0 amide bonds. The van der Waals surface area contributed by atoms with Crippen molar-refractivity contribution in [2.45, 2.75) is 63.4 Å². The zero-order valence-corrected chi connectivity index (χ0v) is 20.3. The highest BCUT2D eigenvalue weighted by molar-refractivity contribution is 7.89. The Balaban J connectivity index is 1.62. The van der Waals surface area contributed by atoms with Gasteiger partial charge in [-0.3, -0.25) is 4.79 Å². The molecule has 0 saturated heterocycles. The van der Waals surface area contributed by atoms with E-state index in [1.54, 1.807) is 18.2 Å². The number of pyridine rings is 1. The molecular weight excluding hydrogens is 456 g/mol. The molecule has 2 heterocycles. The lowest BCUT2D eigenvalue weighted by molar-refractivity contribution is 0.247. The summed E-state index contributed by atoms with van der Waals surface area (Å²) >= 11 is 1.00. The predicted molar refractivity (Wildman–Crippen MR) is 131 cm³/mol. The number of aromatic nitrogens is 3. The molecule has 7 nitrogen and oxygen atoms in total. The first-order chi connectivity index (χ1) is 15.9. The van der Waals surface area contributed by atoms with Crippen molar-refractivity contribution in [2.24, 2.45) is 0 Å².